The first kappa shape index (κ1) is 17.8. The highest BCUT2D eigenvalue weighted by Gasteiger charge is 2.04. The maximum atomic E-state index is 5.83. The van der Waals surface area contributed by atoms with Crippen molar-refractivity contribution >= 4 is 0 Å². The minimum absolute atomic E-state index is 0.768. The fourth-order valence-corrected chi connectivity index (χ4v) is 2.24. The molecule has 21 heavy (non-hydrogen) atoms. The summed E-state index contributed by atoms with van der Waals surface area (Å²) in [7, 11) is 1.70. The fraction of sp³-hybridized carbons (Fsp3) is 0.667. The van der Waals surface area contributed by atoms with E-state index in [1.807, 2.05) is 6.07 Å². The Hall–Kier alpha value is -1.22. The van der Waals surface area contributed by atoms with Gasteiger partial charge in [-0.05, 0) is 56.5 Å². The summed E-state index contributed by atoms with van der Waals surface area (Å²) in [5, 5.41) is 3.43. The van der Waals surface area contributed by atoms with E-state index in [1.54, 1.807) is 7.11 Å². The van der Waals surface area contributed by atoms with Gasteiger partial charge in [0.25, 0.3) is 0 Å². The molecule has 0 spiro atoms. The molecule has 0 saturated carbocycles. The van der Waals surface area contributed by atoms with Gasteiger partial charge in [-0.1, -0.05) is 32.8 Å². The molecule has 0 amide bonds. The molecule has 0 atom stereocenters. The summed E-state index contributed by atoms with van der Waals surface area (Å²) in [6.45, 7) is 7.39. The number of rotatable bonds is 12. The Bertz CT molecular complexity index is 379. The van der Waals surface area contributed by atoms with E-state index in [-0.39, 0.29) is 0 Å². The number of aryl methyl sites for hydroxylation is 1. The van der Waals surface area contributed by atoms with Crippen LogP contribution in [0.2, 0.25) is 0 Å². The van der Waals surface area contributed by atoms with Crippen molar-refractivity contribution in [1.82, 2.24) is 5.32 Å². The van der Waals surface area contributed by atoms with Gasteiger partial charge in [-0.15, -0.1) is 0 Å². The highest BCUT2D eigenvalue weighted by Crippen LogP contribution is 2.28. The van der Waals surface area contributed by atoms with Crippen molar-refractivity contribution < 1.29 is 9.47 Å². The van der Waals surface area contributed by atoms with Crippen LogP contribution in [0.15, 0.2) is 18.2 Å². The number of nitrogens with one attached hydrogen (secondary N) is 1. The van der Waals surface area contributed by atoms with Crippen molar-refractivity contribution in [2.24, 2.45) is 0 Å². The first-order valence-electron chi connectivity index (χ1n) is 8.32. The first-order chi connectivity index (χ1) is 10.3. The SMILES string of the molecule is CCCNCCCCCCOc1ccc(CC)cc1OC. The molecule has 0 aliphatic carbocycles. The number of hydrogen-bond acceptors (Lipinski definition) is 3. The van der Waals surface area contributed by atoms with Crippen LogP contribution in [0.25, 0.3) is 0 Å². The minimum atomic E-state index is 0.768. The Labute approximate surface area is 130 Å². The second-order valence-corrected chi connectivity index (χ2v) is 5.35. The summed E-state index contributed by atoms with van der Waals surface area (Å²) in [6.07, 6.45) is 7.09. The van der Waals surface area contributed by atoms with Gasteiger partial charge in [-0.2, -0.15) is 0 Å². The van der Waals surface area contributed by atoms with Crippen molar-refractivity contribution in [3.8, 4) is 11.5 Å². The molecule has 0 aliphatic rings. The van der Waals surface area contributed by atoms with Crippen LogP contribution in [-0.2, 0) is 6.42 Å². The molecule has 0 unspecified atom stereocenters. The van der Waals surface area contributed by atoms with E-state index in [4.69, 9.17) is 9.47 Å². The number of unbranched alkanes of at least 4 members (excludes halogenated alkanes) is 3. The van der Waals surface area contributed by atoms with Crippen LogP contribution in [0.1, 0.15) is 51.5 Å². The van der Waals surface area contributed by atoms with Gasteiger partial charge in [-0.3, -0.25) is 0 Å². The number of ether oxygens (including phenoxy) is 2. The number of methoxy groups -OCH3 is 1. The fourth-order valence-electron chi connectivity index (χ4n) is 2.24. The van der Waals surface area contributed by atoms with E-state index < -0.39 is 0 Å². The molecule has 0 radical (unpaired) electrons. The zero-order valence-corrected chi connectivity index (χ0v) is 13.9. The summed E-state index contributed by atoms with van der Waals surface area (Å²) in [6, 6.07) is 6.19. The second kappa shape index (κ2) is 11.4. The Morgan fingerprint density at radius 2 is 1.76 bits per heavy atom. The molecule has 0 heterocycles. The van der Waals surface area contributed by atoms with Crippen molar-refractivity contribution in [2.45, 2.75) is 52.4 Å². The summed E-state index contributed by atoms with van der Waals surface area (Å²) in [5.74, 6) is 1.71. The third kappa shape index (κ3) is 7.37. The zero-order valence-electron chi connectivity index (χ0n) is 13.9. The predicted octanol–water partition coefficient (Wildman–Crippen LogP) is 4.20. The monoisotopic (exact) mass is 293 g/mol. The van der Waals surface area contributed by atoms with Crippen LogP contribution in [0.3, 0.4) is 0 Å². The average Bonchev–Trinajstić information content (AvgIpc) is 2.53. The Morgan fingerprint density at radius 1 is 0.952 bits per heavy atom. The third-order valence-corrected chi connectivity index (χ3v) is 3.57. The first-order valence-corrected chi connectivity index (χ1v) is 8.32. The maximum Gasteiger partial charge on any atom is 0.161 e. The van der Waals surface area contributed by atoms with Crippen LogP contribution in [-0.4, -0.2) is 26.8 Å². The summed E-state index contributed by atoms with van der Waals surface area (Å²) >= 11 is 0. The number of benzene rings is 1. The lowest BCUT2D eigenvalue weighted by atomic mass is 10.1. The van der Waals surface area contributed by atoms with Crippen LogP contribution in [0.4, 0.5) is 0 Å². The highest BCUT2D eigenvalue weighted by molar-refractivity contribution is 5.42. The molecule has 3 nitrogen and oxygen atoms in total. The largest absolute Gasteiger partial charge is 0.493 e. The van der Waals surface area contributed by atoms with Gasteiger partial charge in [0.15, 0.2) is 11.5 Å². The Morgan fingerprint density at radius 3 is 2.48 bits per heavy atom. The quantitative estimate of drug-likeness (QED) is 0.586. The molecular weight excluding hydrogens is 262 g/mol. The van der Waals surface area contributed by atoms with E-state index in [9.17, 15) is 0 Å². The van der Waals surface area contributed by atoms with E-state index >= 15 is 0 Å². The average molecular weight is 293 g/mol. The van der Waals surface area contributed by atoms with Gasteiger partial charge in [0, 0.05) is 0 Å². The van der Waals surface area contributed by atoms with E-state index in [2.05, 4.69) is 31.3 Å². The van der Waals surface area contributed by atoms with Crippen molar-refractivity contribution in [3.63, 3.8) is 0 Å². The molecule has 0 saturated heterocycles. The van der Waals surface area contributed by atoms with Crippen LogP contribution in [0.5, 0.6) is 11.5 Å². The topological polar surface area (TPSA) is 30.5 Å². The van der Waals surface area contributed by atoms with Crippen molar-refractivity contribution in [2.75, 3.05) is 26.8 Å². The lowest BCUT2D eigenvalue weighted by Gasteiger charge is -2.11. The number of hydrogen-bond donors (Lipinski definition) is 1. The highest BCUT2D eigenvalue weighted by atomic mass is 16.5. The molecule has 0 bridgehead atoms. The molecule has 1 aromatic carbocycles. The molecule has 0 fully saturated rings. The molecule has 3 heteroatoms. The summed E-state index contributed by atoms with van der Waals surface area (Å²) in [5.41, 5.74) is 1.28. The van der Waals surface area contributed by atoms with Gasteiger partial charge >= 0.3 is 0 Å². The third-order valence-electron chi connectivity index (χ3n) is 3.57. The standard InChI is InChI=1S/C18H31NO2/c1-4-12-19-13-8-6-7-9-14-21-17-11-10-16(5-2)15-18(17)20-3/h10-11,15,19H,4-9,12-14H2,1-3H3. The minimum Gasteiger partial charge on any atom is -0.493 e. The van der Waals surface area contributed by atoms with Crippen molar-refractivity contribution in [1.29, 1.82) is 0 Å². The van der Waals surface area contributed by atoms with Crippen LogP contribution >= 0.6 is 0 Å². The van der Waals surface area contributed by atoms with Crippen LogP contribution < -0.4 is 14.8 Å². The summed E-state index contributed by atoms with van der Waals surface area (Å²) < 4.78 is 11.2. The smallest absolute Gasteiger partial charge is 0.161 e. The summed E-state index contributed by atoms with van der Waals surface area (Å²) in [4.78, 5) is 0. The lowest BCUT2D eigenvalue weighted by Crippen LogP contribution is -2.15. The molecule has 120 valence electrons. The van der Waals surface area contributed by atoms with E-state index in [0.29, 0.717) is 0 Å². The molecule has 0 aromatic heterocycles. The predicted molar refractivity (Wildman–Crippen MR) is 89.5 cm³/mol. The molecule has 1 N–H and O–H groups in total. The van der Waals surface area contributed by atoms with Gasteiger partial charge in [0.2, 0.25) is 0 Å². The Kier molecular flexibility index (Phi) is 9.71. The van der Waals surface area contributed by atoms with E-state index in [0.717, 1.165) is 44.0 Å². The van der Waals surface area contributed by atoms with Gasteiger partial charge in [-0.25, -0.2) is 0 Å². The Balaban J connectivity index is 2.15. The normalized spacial score (nSPS) is 10.6. The molecular formula is C18H31NO2. The van der Waals surface area contributed by atoms with Gasteiger partial charge in [0.1, 0.15) is 0 Å². The molecule has 0 aliphatic heterocycles. The molecule has 1 aromatic rings. The zero-order chi connectivity index (χ0) is 15.3. The van der Waals surface area contributed by atoms with Gasteiger partial charge < -0.3 is 14.8 Å². The van der Waals surface area contributed by atoms with Crippen LogP contribution in [0, 0.1) is 0 Å². The second-order valence-electron chi connectivity index (χ2n) is 5.35. The lowest BCUT2D eigenvalue weighted by molar-refractivity contribution is 0.284. The van der Waals surface area contributed by atoms with E-state index in [1.165, 1.54) is 31.2 Å². The van der Waals surface area contributed by atoms with Crippen molar-refractivity contribution in [3.05, 3.63) is 23.8 Å². The molecule has 1 rings (SSSR count). The van der Waals surface area contributed by atoms with Gasteiger partial charge in [0.05, 0.1) is 13.7 Å². The maximum absolute atomic E-state index is 5.83.